The molecule has 0 fully saturated rings. The molecule has 1 N–H and O–H groups in total. The fraction of sp³-hybridized carbons (Fsp3) is 0.158. The molecule has 0 atom stereocenters. The van der Waals surface area contributed by atoms with E-state index >= 15 is 0 Å². The summed E-state index contributed by atoms with van der Waals surface area (Å²) in [5.74, 6) is 0.392. The molecule has 1 aromatic heterocycles. The molecule has 122 valence electrons. The number of rotatable bonds is 5. The second-order valence-electron chi connectivity index (χ2n) is 5.48. The van der Waals surface area contributed by atoms with Crippen molar-refractivity contribution in [1.82, 2.24) is 9.78 Å². The van der Waals surface area contributed by atoms with Crippen LogP contribution in [0.4, 0.5) is 5.82 Å². The van der Waals surface area contributed by atoms with Crippen molar-refractivity contribution < 1.29 is 4.79 Å². The van der Waals surface area contributed by atoms with Gasteiger partial charge >= 0.3 is 0 Å². The van der Waals surface area contributed by atoms with Crippen molar-refractivity contribution in [2.24, 2.45) is 0 Å². The quantitative estimate of drug-likeness (QED) is 0.749. The zero-order valence-corrected chi connectivity index (χ0v) is 14.1. The van der Waals surface area contributed by atoms with Crippen molar-refractivity contribution in [2.75, 3.05) is 5.32 Å². The summed E-state index contributed by atoms with van der Waals surface area (Å²) in [4.78, 5) is 12.4. The summed E-state index contributed by atoms with van der Waals surface area (Å²) in [5, 5.41) is 7.59. The Bertz CT molecular complexity index is 840. The Morgan fingerprint density at radius 1 is 1.08 bits per heavy atom. The maximum atomic E-state index is 12.4. The number of nitrogens with one attached hydrogen (secondary N) is 1. The van der Waals surface area contributed by atoms with E-state index in [-0.39, 0.29) is 5.91 Å². The summed E-state index contributed by atoms with van der Waals surface area (Å²) in [6, 6.07) is 17.1. The lowest BCUT2D eigenvalue weighted by atomic mass is 10.1. The minimum atomic E-state index is -0.247. The maximum absolute atomic E-state index is 12.4. The fourth-order valence-corrected chi connectivity index (χ4v) is 2.67. The largest absolute Gasteiger partial charge is 0.307 e. The number of halogens is 1. The van der Waals surface area contributed by atoms with Gasteiger partial charge in [0, 0.05) is 6.07 Å². The molecule has 0 radical (unpaired) electrons. The molecule has 5 heteroatoms. The van der Waals surface area contributed by atoms with Gasteiger partial charge in [0.1, 0.15) is 5.82 Å². The topological polar surface area (TPSA) is 46.9 Å². The molecule has 0 bridgehead atoms. The summed E-state index contributed by atoms with van der Waals surface area (Å²) in [7, 11) is 0. The highest BCUT2D eigenvalue weighted by atomic mass is 35.5. The van der Waals surface area contributed by atoms with Crippen LogP contribution in [-0.4, -0.2) is 15.7 Å². The summed E-state index contributed by atoms with van der Waals surface area (Å²) in [5.41, 5.74) is 2.87. The van der Waals surface area contributed by atoms with Crippen LogP contribution in [0.15, 0.2) is 60.8 Å². The normalized spacial score (nSPS) is 10.6. The number of aromatic nitrogens is 2. The lowest BCUT2D eigenvalue weighted by Crippen LogP contribution is -2.16. The first-order chi connectivity index (χ1) is 11.7. The van der Waals surface area contributed by atoms with Gasteiger partial charge in [0.25, 0.3) is 5.91 Å². The maximum Gasteiger partial charge on any atom is 0.258 e. The summed E-state index contributed by atoms with van der Waals surface area (Å²) in [6.45, 7) is 2.72. The predicted molar refractivity (Wildman–Crippen MR) is 96.6 cm³/mol. The number of hydrogen-bond acceptors (Lipinski definition) is 2. The van der Waals surface area contributed by atoms with E-state index in [1.165, 1.54) is 5.56 Å². The number of benzene rings is 2. The highest BCUT2D eigenvalue weighted by molar-refractivity contribution is 6.34. The molecule has 0 saturated heterocycles. The van der Waals surface area contributed by atoms with E-state index in [2.05, 4.69) is 41.6 Å². The zero-order valence-electron chi connectivity index (χ0n) is 13.4. The van der Waals surface area contributed by atoms with Crippen molar-refractivity contribution in [3.8, 4) is 0 Å². The van der Waals surface area contributed by atoms with Gasteiger partial charge in [-0.2, -0.15) is 5.10 Å². The molecule has 24 heavy (non-hydrogen) atoms. The monoisotopic (exact) mass is 339 g/mol. The van der Waals surface area contributed by atoms with Crippen LogP contribution in [-0.2, 0) is 13.0 Å². The van der Waals surface area contributed by atoms with E-state index in [4.69, 9.17) is 11.6 Å². The van der Waals surface area contributed by atoms with Gasteiger partial charge in [0.2, 0.25) is 0 Å². The molecule has 4 nitrogen and oxygen atoms in total. The van der Waals surface area contributed by atoms with Crippen molar-refractivity contribution in [3.63, 3.8) is 0 Å². The third-order valence-corrected chi connectivity index (χ3v) is 4.17. The van der Waals surface area contributed by atoms with Gasteiger partial charge in [0.05, 0.1) is 23.3 Å². The van der Waals surface area contributed by atoms with Crippen LogP contribution in [0.25, 0.3) is 0 Å². The Morgan fingerprint density at radius 3 is 2.50 bits per heavy atom. The number of amides is 1. The molecule has 1 amide bonds. The number of anilines is 1. The second kappa shape index (κ2) is 7.32. The Morgan fingerprint density at radius 2 is 1.79 bits per heavy atom. The third kappa shape index (κ3) is 3.66. The lowest BCUT2D eigenvalue weighted by molar-refractivity contribution is 0.102. The van der Waals surface area contributed by atoms with Crippen LogP contribution in [0, 0.1) is 0 Å². The van der Waals surface area contributed by atoms with Gasteiger partial charge in [0.15, 0.2) is 0 Å². The predicted octanol–water partition coefficient (Wildman–Crippen LogP) is 4.40. The van der Waals surface area contributed by atoms with Crippen molar-refractivity contribution in [2.45, 2.75) is 19.9 Å². The van der Waals surface area contributed by atoms with Gasteiger partial charge in [-0.25, -0.2) is 4.68 Å². The molecule has 0 aliphatic carbocycles. The van der Waals surface area contributed by atoms with Crippen LogP contribution in [0.3, 0.4) is 0 Å². The molecular weight excluding hydrogens is 322 g/mol. The first-order valence-electron chi connectivity index (χ1n) is 7.83. The minimum absolute atomic E-state index is 0.247. The van der Waals surface area contributed by atoms with Crippen molar-refractivity contribution in [1.29, 1.82) is 0 Å². The van der Waals surface area contributed by atoms with E-state index in [1.54, 1.807) is 41.2 Å². The third-order valence-electron chi connectivity index (χ3n) is 3.84. The standard InChI is InChI=1S/C19H18ClN3O/c1-2-14-7-9-15(10-8-14)13-23-18(11-12-21-23)22-19(24)16-5-3-4-6-17(16)20/h3-12H,2,13H2,1H3,(H,22,24). The number of aryl methyl sites for hydroxylation is 1. The molecule has 3 aromatic rings. The van der Waals surface area contributed by atoms with E-state index in [0.717, 1.165) is 12.0 Å². The average Bonchev–Trinajstić information content (AvgIpc) is 3.02. The molecule has 0 aliphatic rings. The molecular formula is C19H18ClN3O. The Kier molecular flexibility index (Phi) is 4.96. The summed E-state index contributed by atoms with van der Waals surface area (Å²) >= 11 is 6.07. The number of nitrogens with zero attached hydrogens (tertiary/aromatic N) is 2. The fourth-order valence-electron chi connectivity index (χ4n) is 2.45. The number of carbonyl (C=O) groups is 1. The number of hydrogen-bond donors (Lipinski definition) is 1. The molecule has 0 aliphatic heterocycles. The zero-order chi connectivity index (χ0) is 16.9. The van der Waals surface area contributed by atoms with Crippen molar-refractivity contribution >= 4 is 23.3 Å². The van der Waals surface area contributed by atoms with Crippen LogP contribution in [0.1, 0.15) is 28.4 Å². The van der Waals surface area contributed by atoms with Gasteiger partial charge in [-0.05, 0) is 29.7 Å². The van der Waals surface area contributed by atoms with Crippen LogP contribution in [0.5, 0.6) is 0 Å². The van der Waals surface area contributed by atoms with Crippen LogP contribution in [0.2, 0.25) is 5.02 Å². The van der Waals surface area contributed by atoms with E-state index in [0.29, 0.717) is 22.9 Å². The molecule has 1 heterocycles. The summed E-state index contributed by atoms with van der Waals surface area (Å²) in [6.07, 6.45) is 2.68. The smallest absolute Gasteiger partial charge is 0.258 e. The van der Waals surface area contributed by atoms with Gasteiger partial charge in [-0.15, -0.1) is 0 Å². The van der Waals surface area contributed by atoms with E-state index in [1.807, 2.05) is 0 Å². The second-order valence-corrected chi connectivity index (χ2v) is 5.89. The molecule has 0 spiro atoms. The van der Waals surface area contributed by atoms with Crippen molar-refractivity contribution in [3.05, 3.63) is 82.5 Å². The highest BCUT2D eigenvalue weighted by Crippen LogP contribution is 2.18. The first kappa shape index (κ1) is 16.3. The van der Waals surface area contributed by atoms with Gasteiger partial charge in [-0.3, -0.25) is 4.79 Å². The lowest BCUT2D eigenvalue weighted by Gasteiger charge is -2.10. The average molecular weight is 340 g/mol. The van der Waals surface area contributed by atoms with Gasteiger partial charge < -0.3 is 5.32 Å². The van der Waals surface area contributed by atoms with E-state index in [9.17, 15) is 4.79 Å². The molecule has 0 saturated carbocycles. The Labute approximate surface area is 146 Å². The highest BCUT2D eigenvalue weighted by Gasteiger charge is 2.12. The Hall–Kier alpha value is -2.59. The Balaban J connectivity index is 1.75. The molecule has 2 aromatic carbocycles. The summed E-state index contributed by atoms with van der Waals surface area (Å²) < 4.78 is 1.76. The molecule has 0 unspecified atom stereocenters. The number of carbonyl (C=O) groups excluding carboxylic acids is 1. The van der Waals surface area contributed by atoms with Crippen LogP contribution < -0.4 is 5.32 Å². The van der Waals surface area contributed by atoms with E-state index < -0.39 is 0 Å². The van der Waals surface area contributed by atoms with Gasteiger partial charge in [-0.1, -0.05) is 54.9 Å². The van der Waals surface area contributed by atoms with Crippen LogP contribution >= 0.6 is 11.6 Å². The first-order valence-corrected chi connectivity index (χ1v) is 8.20. The minimum Gasteiger partial charge on any atom is -0.307 e. The SMILES string of the molecule is CCc1ccc(Cn2nccc2NC(=O)c2ccccc2Cl)cc1. The molecule has 3 rings (SSSR count).